The maximum absolute atomic E-state index is 13.1. The van der Waals surface area contributed by atoms with E-state index in [0.29, 0.717) is 9.50 Å². The van der Waals surface area contributed by atoms with Gasteiger partial charge in [-0.05, 0) is 52.3 Å². The second-order valence-electron chi connectivity index (χ2n) is 4.07. The zero-order chi connectivity index (χ0) is 15.6. The van der Waals surface area contributed by atoms with Crippen LogP contribution < -0.4 is 5.32 Å². The number of carbonyl (C=O) groups excluding carboxylic acids is 1. The number of hydrogen-bond donors (Lipinski definition) is 2. The molecule has 0 aromatic heterocycles. The van der Waals surface area contributed by atoms with Gasteiger partial charge >= 0.3 is 5.97 Å². The Kier molecular flexibility index (Phi) is 4.59. The molecule has 2 N–H and O–H groups in total. The molecule has 2 rings (SSSR count). The van der Waals surface area contributed by atoms with Gasteiger partial charge in [-0.3, -0.25) is 4.79 Å². The lowest BCUT2D eigenvalue weighted by molar-refractivity contribution is 0.0697. The Morgan fingerprint density at radius 3 is 2.48 bits per heavy atom. The summed E-state index contributed by atoms with van der Waals surface area (Å²) in [6.45, 7) is 0. The molecule has 0 fully saturated rings. The molecule has 0 aliphatic rings. The molecule has 108 valence electrons. The topological polar surface area (TPSA) is 66.4 Å². The standard InChI is InChI=1S/C14H8BrClFNO3/c15-11-5-7(16)1-3-9(11)13(19)18-12-4-2-8(17)6-10(12)14(20)21/h1-6H,(H,18,19)(H,20,21). The number of carboxylic acid groups (broad SMARTS) is 1. The molecule has 0 spiro atoms. The number of amides is 1. The van der Waals surface area contributed by atoms with Crippen LogP contribution in [-0.2, 0) is 0 Å². The molecule has 0 bridgehead atoms. The van der Waals surface area contributed by atoms with Crippen LogP contribution in [0, 0.1) is 5.82 Å². The van der Waals surface area contributed by atoms with Crippen LogP contribution in [0.4, 0.5) is 10.1 Å². The van der Waals surface area contributed by atoms with Crippen molar-refractivity contribution in [3.63, 3.8) is 0 Å². The summed E-state index contributed by atoms with van der Waals surface area (Å²) in [5.41, 5.74) is -0.0377. The van der Waals surface area contributed by atoms with E-state index in [9.17, 15) is 14.0 Å². The lowest BCUT2D eigenvalue weighted by Crippen LogP contribution is -2.15. The fraction of sp³-hybridized carbons (Fsp3) is 0. The molecule has 2 aromatic carbocycles. The third-order valence-corrected chi connectivity index (χ3v) is 3.53. The maximum atomic E-state index is 13.1. The number of halogens is 3. The highest BCUT2D eigenvalue weighted by molar-refractivity contribution is 9.10. The summed E-state index contributed by atoms with van der Waals surface area (Å²) in [6, 6.07) is 7.67. The zero-order valence-electron chi connectivity index (χ0n) is 10.4. The highest BCUT2D eigenvalue weighted by atomic mass is 79.9. The highest BCUT2D eigenvalue weighted by Gasteiger charge is 2.16. The Bertz CT molecular complexity index is 736. The summed E-state index contributed by atoms with van der Waals surface area (Å²) in [5.74, 6) is -2.56. The van der Waals surface area contributed by atoms with Crippen molar-refractivity contribution in [1.29, 1.82) is 0 Å². The summed E-state index contributed by atoms with van der Waals surface area (Å²) in [7, 11) is 0. The van der Waals surface area contributed by atoms with Gasteiger partial charge in [-0.1, -0.05) is 11.6 Å². The number of benzene rings is 2. The van der Waals surface area contributed by atoms with Crippen LogP contribution in [0.5, 0.6) is 0 Å². The van der Waals surface area contributed by atoms with Crippen molar-refractivity contribution in [2.75, 3.05) is 5.32 Å². The molecule has 0 unspecified atom stereocenters. The van der Waals surface area contributed by atoms with Crippen LogP contribution >= 0.6 is 27.5 Å². The van der Waals surface area contributed by atoms with E-state index in [1.807, 2.05) is 0 Å². The number of rotatable bonds is 3. The van der Waals surface area contributed by atoms with E-state index in [1.165, 1.54) is 18.2 Å². The van der Waals surface area contributed by atoms with Crippen molar-refractivity contribution in [3.05, 3.63) is 62.8 Å². The lowest BCUT2D eigenvalue weighted by Gasteiger charge is -2.10. The molecule has 4 nitrogen and oxygen atoms in total. The average molecular weight is 373 g/mol. The van der Waals surface area contributed by atoms with Crippen molar-refractivity contribution < 1.29 is 19.1 Å². The first-order chi connectivity index (χ1) is 9.88. The second kappa shape index (κ2) is 6.24. The van der Waals surface area contributed by atoms with Crippen LogP contribution in [0.25, 0.3) is 0 Å². The number of carbonyl (C=O) groups is 2. The zero-order valence-corrected chi connectivity index (χ0v) is 12.7. The number of carboxylic acids is 1. The number of aromatic carboxylic acids is 1. The van der Waals surface area contributed by atoms with Gasteiger partial charge in [0.2, 0.25) is 0 Å². The minimum atomic E-state index is -1.33. The van der Waals surface area contributed by atoms with Crippen molar-refractivity contribution in [2.24, 2.45) is 0 Å². The fourth-order valence-corrected chi connectivity index (χ4v) is 2.53. The monoisotopic (exact) mass is 371 g/mol. The maximum Gasteiger partial charge on any atom is 0.337 e. The Balaban J connectivity index is 2.34. The van der Waals surface area contributed by atoms with Gasteiger partial charge in [-0.15, -0.1) is 0 Å². The van der Waals surface area contributed by atoms with Crippen LogP contribution in [0.15, 0.2) is 40.9 Å². The summed E-state index contributed by atoms with van der Waals surface area (Å²) in [6.07, 6.45) is 0. The molecule has 2 aromatic rings. The second-order valence-corrected chi connectivity index (χ2v) is 5.36. The minimum Gasteiger partial charge on any atom is -0.478 e. The first-order valence-electron chi connectivity index (χ1n) is 5.67. The van der Waals surface area contributed by atoms with Gasteiger partial charge in [0, 0.05) is 9.50 Å². The minimum absolute atomic E-state index is 0.00995. The average Bonchev–Trinajstić information content (AvgIpc) is 2.40. The van der Waals surface area contributed by atoms with Gasteiger partial charge in [0.15, 0.2) is 0 Å². The van der Waals surface area contributed by atoms with Crippen LogP contribution in [-0.4, -0.2) is 17.0 Å². The Morgan fingerprint density at radius 1 is 1.14 bits per heavy atom. The normalized spacial score (nSPS) is 10.2. The summed E-state index contributed by atoms with van der Waals surface area (Å²) < 4.78 is 13.5. The molecule has 7 heteroatoms. The van der Waals surface area contributed by atoms with Crippen molar-refractivity contribution in [3.8, 4) is 0 Å². The molecule has 0 saturated carbocycles. The quantitative estimate of drug-likeness (QED) is 0.849. The van der Waals surface area contributed by atoms with Crippen LogP contribution in [0.3, 0.4) is 0 Å². The third-order valence-electron chi connectivity index (χ3n) is 2.64. The molecule has 0 atom stereocenters. The van der Waals surface area contributed by atoms with Crippen molar-refractivity contribution >= 4 is 45.1 Å². The predicted octanol–water partition coefficient (Wildman–Crippen LogP) is 4.19. The molecule has 21 heavy (non-hydrogen) atoms. The predicted molar refractivity (Wildman–Crippen MR) is 80.5 cm³/mol. The SMILES string of the molecule is O=C(Nc1ccc(F)cc1C(=O)O)c1ccc(Cl)cc1Br. The first kappa shape index (κ1) is 15.5. The molecule has 0 radical (unpaired) electrons. The number of anilines is 1. The van der Waals surface area contributed by atoms with Gasteiger partial charge in [0.25, 0.3) is 5.91 Å². The van der Waals surface area contributed by atoms with E-state index in [2.05, 4.69) is 21.2 Å². The van der Waals surface area contributed by atoms with E-state index in [4.69, 9.17) is 16.7 Å². The molecule has 0 aliphatic carbocycles. The Hall–Kier alpha value is -1.92. The first-order valence-corrected chi connectivity index (χ1v) is 6.85. The van der Waals surface area contributed by atoms with Gasteiger partial charge in [0.05, 0.1) is 16.8 Å². The van der Waals surface area contributed by atoms with Crippen LogP contribution in [0.1, 0.15) is 20.7 Å². The molecular weight excluding hydrogens is 365 g/mol. The molecule has 0 saturated heterocycles. The van der Waals surface area contributed by atoms with Crippen LogP contribution in [0.2, 0.25) is 5.02 Å². The lowest BCUT2D eigenvalue weighted by atomic mass is 10.1. The Labute approximate surface area is 132 Å². The number of nitrogens with one attached hydrogen (secondary N) is 1. The van der Waals surface area contributed by atoms with Gasteiger partial charge in [0.1, 0.15) is 5.82 Å². The molecule has 0 aliphatic heterocycles. The Morgan fingerprint density at radius 2 is 1.86 bits per heavy atom. The van der Waals surface area contributed by atoms with Crippen molar-refractivity contribution in [1.82, 2.24) is 0 Å². The molecule has 0 heterocycles. The van der Waals surface area contributed by atoms with E-state index in [0.717, 1.165) is 12.1 Å². The summed E-state index contributed by atoms with van der Waals surface area (Å²) >= 11 is 8.98. The van der Waals surface area contributed by atoms with Gasteiger partial charge < -0.3 is 10.4 Å². The van der Waals surface area contributed by atoms with Crippen molar-refractivity contribution in [2.45, 2.75) is 0 Å². The van der Waals surface area contributed by atoms with E-state index in [1.54, 1.807) is 6.07 Å². The molecule has 1 amide bonds. The van der Waals surface area contributed by atoms with E-state index in [-0.39, 0.29) is 16.8 Å². The van der Waals surface area contributed by atoms with Gasteiger partial charge in [-0.2, -0.15) is 0 Å². The largest absolute Gasteiger partial charge is 0.478 e. The fourth-order valence-electron chi connectivity index (χ4n) is 1.67. The molecular formula is C14H8BrClFNO3. The van der Waals surface area contributed by atoms with E-state index >= 15 is 0 Å². The van der Waals surface area contributed by atoms with E-state index < -0.39 is 17.7 Å². The highest BCUT2D eigenvalue weighted by Crippen LogP contribution is 2.24. The summed E-state index contributed by atoms with van der Waals surface area (Å²) in [4.78, 5) is 23.2. The number of hydrogen-bond acceptors (Lipinski definition) is 2. The smallest absolute Gasteiger partial charge is 0.337 e. The third kappa shape index (κ3) is 3.59. The summed E-state index contributed by atoms with van der Waals surface area (Å²) in [5, 5.41) is 11.9. The van der Waals surface area contributed by atoms with Gasteiger partial charge in [-0.25, -0.2) is 9.18 Å².